The molecule has 0 bridgehead atoms. The monoisotopic (exact) mass is 639 g/mol. The molecule has 1 aliphatic rings. The first-order valence-electron chi connectivity index (χ1n) is 13.7. The molecule has 2 amide bonds. The van der Waals surface area contributed by atoms with E-state index < -0.39 is 38.9 Å². The van der Waals surface area contributed by atoms with Gasteiger partial charge < -0.3 is 15.3 Å². The Labute approximate surface area is 259 Å². The van der Waals surface area contributed by atoms with Crippen LogP contribution < -0.4 is 10.0 Å². The fourth-order valence-corrected chi connectivity index (χ4v) is 8.34. The third-order valence-corrected chi connectivity index (χ3v) is 11.0. The number of amides is 2. The van der Waals surface area contributed by atoms with E-state index in [1.807, 2.05) is 51.1 Å². The highest BCUT2D eigenvalue weighted by atomic mass is 32.2. The van der Waals surface area contributed by atoms with Gasteiger partial charge in [0.2, 0.25) is 15.9 Å². The maximum atomic E-state index is 13.9. The number of nitrogens with one attached hydrogen (secondary N) is 2. The van der Waals surface area contributed by atoms with Gasteiger partial charge in [-0.05, 0) is 56.0 Å². The number of nitrogens with zero attached hydrogens (tertiary/aromatic N) is 3. The summed E-state index contributed by atoms with van der Waals surface area (Å²) in [5, 5.41) is 14.5. The van der Waals surface area contributed by atoms with Crippen molar-refractivity contribution >= 4 is 56.4 Å². The third kappa shape index (κ3) is 6.75. The van der Waals surface area contributed by atoms with Gasteiger partial charge in [-0.2, -0.15) is 8.75 Å². The molecule has 0 spiro atoms. The highest BCUT2D eigenvalue weighted by Crippen LogP contribution is 2.40. The molecule has 0 aliphatic carbocycles. The summed E-state index contributed by atoms with van der Waals surface area (Å²) >= 11 is 2.32. The first kappa shape index (κ1) is 31.1. The van der Waals surface area contributed by atoms with Crippen LogP contribution in [-0.2, 0) is 32.6 Å². The van der Waals surface area contributed by atoms with E-state index in [1.165, 1.54) is 22.7 Å². The van der Waals surface area contributed by atoms with Crippen molar-refractivity contribution in [3.8, 4) is 0 Å². The van der Waals surface area contributed by atoms with E-state index in [0.29, 0.717) is 12.1 Å². The molecule has 10 nitrogen and oxygen atoms in total. The average Bonchev–Trinajstić information content (AvgIpc) is 3.59. The predicted molar refractivity (Wildman–Crippen MR) is 168 cm³/mol. The van der Waals surface area contributed by atoms with E-state index in [-0.39, 0.29) is 28.6 Å². The van der Waals surface area contributed by atoms with Crippen LogP contribution in [-0.4, -0.2) is 67.8 Å². The van der Waals surface area contributed by atoms with Gasteiger partial charge in [-0.25, -0.2) is 13.1 Å². The first-order valence-corrected chi connectivity index (χ1v) is 16.9. The molecule has 43 heavy (non-hydrogen) atoms. The molecule has 1 fully saturated rings. The number of thioether (sulfide) groups is 1. The molecule has 1 aliphatic heterocycles. The summed E-state index contributed by atoms with van der Waals surface area (Å²) in [6, 6.07) is 19.2. The summed E-state index contributed by atoms with van der Waals surface area (Å²) in [6.45, 7) is 6.01. The van der Waals surface area contributed by atoms with Crippen LogP contribution in [0.3, 0.4) is 0 Å². The largest absolute Gasteiger partial charge is 0.382 e. The summed E-state index contributed by atoms with van der Waals surface area (Å²) in [7, 11) is -4.24. The van der Waals surface area contributed by atoms with Crippen LogP contribution in [0.2, 0.25) is 0 Å². The maximum Gasteiger partial charge on any atom is 0.254 e. The first-order chi connectivity index (χ1) is 20.5. The molecular weight excluding hydrogens is 607 g/mol. The van der Waals surface area contributed by atoms with Gasteiger partial charge in [0.1, 0.15) is 28.1 Å². The summed E-state index contributed by atoms with van der Waals surface area (Å²) in [6.07, 6.45) is -1.74. The summed E-state index contributed by atoms with van der Waals surface area (Å²) in [5.74, 6) is -0.909. The van der Waals surface area contributed by atoms with Gasteiger partial charge in [0.25, 0.3) is 5.91 Å². The second-order valence-corrected chi connectivity index (χ2v) is 14.8. The van der Waals surface area contributed by atoms with E-state index in [2.05, 4.69) is 18.8 Å². The lowest BCUT2D eigenvalue weighted by atomic mass is 9.97. The number of carbonyl (C=O) groups excluding carboxylic acids is 2. The summed E-state index contributed by atoms with van der Waals surface area (Å²) in [4.78, 5) is 28.7. The summed E-state index contributed by atoms with van der Waals surface area (Å²) < 4.78 is 37.5. The molecule has 226 valence electrons. The Kier molecular flexibility index (Phi) is 9.18. The molecule has 0 radical (unpaired) electrons. The van der Waals surface area contributed by atoms with E-state index in [9.17, 15) is 23.1 Å². The van der Waals surface area contributed by atoms with E-state index in [0.717, 1.165) is 28.4 Å². The molecule has 3 aromatic carbocycles. The van der Waals surface area contributed by atoms with Gasteiger partial charge in [0, 0.05) is 11.3 Å². The molecule has 2 heterocycles. The fraction of sp³-hybridized carbons (Fsp3) is 0.333. The lowest BCUT2D eigenvalue weighted by Crippen LogP contribution is -2.58. The number of fused-ring (bicyclic) bond motifs is 1. The van der Waals surface area contributed by atoms with Crippen LogP contribution in [0.25, 0.3) is 11.0 Å². The van der Waals surface area contributed by atoms with Crippen molar-refractivity contribution in [3.63, 3.8) is 0 Å². The molecule has 4 aromatic rings. The maximum absolute atomic E-state index is 13.9. The molecule has 3 N–H and O–H groups in total. The number of hydrogen-bond donors (Lipinski definition) is 3. The molecule has 0 saturated carbocycles. The van der Waals surface area contributed by atoms with Gasteiger partial charge in [-0.3, -0.25) is 9.59 Å². The van der Waals surface area contributed by atoms with E-state index in [1.54, 1.807) is 36.4 Å². The van der Waals surface area contributed by atoms with Gasteiger partial charge in [0.15, 0.2) is 0 Å². The number of carbonyl (C=O) groups is 2. The lowest BCUT2D eigenvalue weighted by molar-refractivity contribution is -0.147. The van der Waals surface area contributed by atoms with Crippen molar-refractivity contribution in [2.75, 3.05) is 5.88 Å². The summed E-state index contributed by atoms with van der Waals surface area (Å²) in [5.41, 5.74) is 3.35. The zero-order valence-corrected chi connectivity index (χ0v) is 26.4. The van der Waals surface area contributed by atoms with Crippen molar-refractivity contribution in [1.29, 1.82) is 0 Å². The van der Waals surface area contributed by atoms with Crippen LogP contribution in [0.1, 0.15) is 30.5 Å². The zero-order valence-electron chi connectivity index (χ0n) is 23.9. The Morgan fingerprint density at radius 2 is 1.77 bits per heavy atom. The molecule has 1 aromatic heterocycles. The number of hydrogen-bond acceptors (Lipinski definition) is 9. The number of aryl methyl sites for hydroxylation is 1. The van der Waals surface area contributed by atoms with Crippen LogP contribution >= 0.6 is 23.5 Å². The Morgan fingerprint density at radius 1 is 1.05 bits per heavy atom. The van der Waals surface area contributed by atoms with Crippen LogP contribution in [0.4, 0.5) is 0 Å². The van der Waals surface area contributed by atoms with Crippen molar-refractivity contribution in [2.45, 2.75) is 61.6 Å². The number of aliphatic hydroxyl groups excluding tert-OH is 1. The van der Waals surface area contributed by atoms with E-state index in [4.69, 9.17) is 0 Å². The smallest absolute Gasteiger partial charge is 0.254 e. The standard InChI is InChI=1S/C30H33N5O5S3/c1-19-10-7-8-13-21(19)17-31-28(37)27-30(2,3)41-18-35(27)29(38)26(36)23(16-20-11-5-4-6-12-20)34-43(39,40)24-15-9-14-22-25(24)33-42-32-22/h4-15,23,26-27,34,36H,16-18H2,1-3H3,(H,31,37). The normalized spacial score (nSPS) is 18.0. The van der Waals surface area contributed by atoms with Crippen LogP contribution in [0, 0.1) is 6.92 Å². The predicted octanol–water partition coefficient (Wildman–Crippen LogP) is 3.25. The zero-order chi connectivity index (χ0) is 30.8. The SMILES string of the molecule is Cc1ccccc1CNC(=O)C1N(C(=O)C(O)C(Cc2ccccc2)NS(=O)(=O)c2cccc3nsnc23)CSC1(C)C. The molecule has 5 rings (SSSR count). The van der Waals surface area contributed by atoms with Gasteiger partial charge >= 0.3 is 0 Å². The highest BCUT2D eigenvalue weighted by Gasteiger charge is 2.50. The molecular formula is C30H33N5O5S3. The minimum Gasteiger partial charge on any atom is -0.382 e. The van der Waals surface area contributed by atoms with Gasteiger partial charge in [-0.15, -0.1) is 11.8 Å². The molecule has 3 unspecified atom stereocenters. The third-order valence-electron chi connectivity index (χ3n) is 7.57. The van der Waals surface area contributed by atoms with Crippen LogP contribution in [0.5, 0.6) is 0 Å². The average molecular weight is 640 g/mol. The number of benzene rings is 3. The van der Waals surface area contributed by atoms with E-state index >= 15 is 0 Å². The van der Waals surface area contributed by atoms with Crippen molar-refractivity contribution in [3.05, 3.63) is 89.5 Å². The number of sulfonamides is 1. The lowest BCUT2D eigenvalue weighted by Gasteiger charge is -2.33. The topological polar surface area (TPSA) is 142 Å². The highest BCUT2D eigenvalue weighted by molar-refractivity contribution is 8.00. The number of rotatable bonds is 10. The second-order valence-electron chi connectivity index (χ2n) is 11.0. The molecule has 13 heteroatoms. The minimum atomic E-state index is -4.24. The Bertz CT molecular complexity index is 1730. The van der Waals surface area contributed by atoms with Crippen molar-refractivity contribution in [1.82, 2.24) is 23.7 Å². The molecule has 3 atom stereocenters. The minimum absolute atomic E-state index is 0.0345. The quantitative estimate of drug-likeness (QED) is 0.240. The van der Waals surface area contributed by atoms with Gasteiger partial charge in [0.05, 0.1) is 23.6 Å². The second kappa shape index (κ2) is 12.7. The fourth-order valence-electron chi connectivity index (χ4n) is 5.19. The Morgan fingerprint density at radius 3 is 2.51 bits per heavy atom. The molecule has 1 saturated heterocycles. The van der Waals surface area contributed by atoms with Crippen LogP contribution in [0.15, 0.2) is 77.7 Å². The Hall–Kier alpha value is -3.36. The van der Waals surface area contributed by atoms with Crippen molar-refractivity contribution < 1.29 is 23.1 Å². The van der Waals surface area contributed by atoms with Gasteiger partial charge in [-0.1, -0.05) is 60.7 Å². The number of aliphatic hydroxyl groups is 1. The number of aromatic nitrogens is 2. The Balaban J connectivity index is 1.41. The van der Waals surface area contributed by atoms with Crippen molar-refractivity contribution in [2.24, 2.45) is 0 Å².